The van der Waals surface area contributed by atoms with Gasteiger partial charge in [-0.1, -0.05) is 0 Å². The fourth-order valence-corrected chi connectivity index (χ4v) is 4.05. The summed E-state index contributed by atoms with van der Waals surface area (Å²) in [4.78, 5) is 8.61. The largest absolute Gasteiger partial charge is 0.380 e. The summed E-state index contributed by atoms with van der Waals surface area (Å²) in [7, 11) is -1.87. The summed E-state index contributed by atoms with van der Waals surface area (Å²) >= 11 is 0. The maximum atomic E-state index is 12.7. The number of sulfonamides is 1. The van der Waals surface area contributed by atoms with E-state index in [0.717, 1.165) is 0 Å². The molecular weight excluding hydrogens is 318 g/mol. The van der Waals surface area contributed by atoms with Crippen LogP contribution in [0.3, 0.4) is 0 Å². The SMILES string of the molecule is Cn1cc(S(=O)(=O)N2CCOC[C@@H](Cc3ncccn3)C2)cn1. The zero-order valence-corrected chi connectivity index (χ0v) is 13.7. The molecular formula is C14H19N5O3S. The minimum atomic E-state index is -3.56. The first kappa shape index (κ1) is 16.0. The van der Waals surface area contributed by atoms with E-state index in [1.807, 2.05) is 0 Å². The molecule has 1 fully saturated rings. The van der Waals surface area contributed by atoms with Gasteiger partial charge in [0.2, 0.25) is 10.0 Å². The maximum absolute atomic E-state index is 12.7. The Morgan fingerprint density at radius 3 is 2.83 bits per heavy atom. The van der Waals surface area contributed by atoms with Crippen molar-refractivity contribution in [3.05, 3.63) is 36.7 Å². The van der Waals surface area contributed by atoms with E-state index in [1.165, 1.54) is 21.4 Å². The molecule has 0 saturated carbocycles. The lowest BCUT2D eigenvalue weighted by atomic mass is 10.1. The smallest absolute Gasteiger partial charge is 0.246 e. The van der Waals surface area contributed by atoms with Crippen molar-refractivity contribution in [3.63, 3.8) is 0 Å². The summed E-state index contributed by atoms with van der Waals surface area (Å²) < 4.78 is 34.0. The lowest BCUT2D eigenvalue weighted by Crippen LogP contribution is -2.36. The number of hydrogen-bond donors (Lipinski definition) is 0. The van der Waals surface area contributed by atoms with Gasteiger partial charge in [-0.3, -0.25) is 4.68 Å². The highest BCUT2D eigenvalue weighted by Gasteiger charge is 2.30. The molecule has 3 rings (SSSR count). The minimum absolute atomic E-state index is 0.0198. The molecule has 0 radical (unpaired) electrons. The van der Waals surface area contributed by atoms with Gasteiger partial charge in [-0.25, -0.2) is 18.4 Å². The van der Waals surface area contributed by atoms with Gasteiger partial charge in [0.1, 0.15) is 10.7 Å². The Kier molecular flexibility index (Phi) is 4.69. The van der Waals surface area contributed by atoms with E-state index in [-0.39, 0.29) is 10.8 Å². The molecule has 0 aliphatic carbocycles. The number of aryl methyl sites for hydroxylation is 1. The average molecular weight is 337 g/mol. The van der Waals surface area contributed by atoms with E-state index in [0.29, 0.717) is 38.5 Å². The molecule has 9 heteroatoms. The van der Waals surface area contributed by atoms with Crippen LogP contribution in [0.1, 0.15) is 5.82 Å². The van der Waals surface area contributed by atoms with Crippen LogP contribution in [0.25, 0.3) is 0 Å². The van der Waals surface area contributed by atoms with E-state index in [9.17, 15) is 8.42 Å². The lowest BCUT2D eigenvalue weighted by molar-refractivity contribution is 0.122. The number of aromatic nitrogens is 4. The highest BCUT2D eigenvalue weighted by Crippen LogP contribution is 2.19. The van der Waals surface area contributed by atoms with Crippen molar-refractivity contribution in [1.29, 1.82) is 0 Å². The van der Waals surface area contributed by atoms with E-state index in [1.54, 1.807) is 25.5 Å². The number of rotatable bonds is 4. The second kappa shape index (κ2) is 6.73. The van der Waals surface area contributed by atoms with Crippen LogP contribution in [0.4, 0.5) is 0 Å². The van der Waals surface area contributed by atoms with Gasteiger partial charge in [0.15, 0.2) is 0 Å². The van der Waals surface area contributed by atoms with Gasteiger partial charge >= 0.3 is 0 Å². The second-order valence-corrected chi connectivity index (χ2v) is 7.46. The van der Waals surface area contributed by atoms with E-state index in [2.05, 4.69) is 15.1 Å². The van der Waals surface area contributed by atoms with Crippen LogP contribution < -0.4 is 0 Å². The maximum Gasteiger partial charge on any atom is 0.246 e. The van der Waals surface area contributed by atoms with E-state index >= 15 is 0 Å². The Hall–Kier alpha value is -1.84. The molecule has 0 aromatic carbocycles. The Morgan fingerprint density at radius 2 is 2.13 bits per heavy atom. The number of hydrogen-bond acceptors (Lipinski definition) is 6. The van der Waals surface area contributed by atoms with Crippen molar-refractivity contribution in [1.82, 2.24) is 24.1 Å². The van der Waals surface area contributed by atoms with Crippen LogP contribution in [0.5, 0.6) is 0 Å². The Morgan fingerprint density at radius 1 is 1.35 bits per heavy atom. The van der Waals surface area contributed by atoms with Crippen molar-refractivity contribution in [2.75, 3.05) is 26.3 Å². The zero-order valence-electron chi connectivity index (χ0n) is 12.9. The Labute approximate surface area is 135 Å². The highest BCUT2D eigenvalue weighted by atomic mass is 32.2. The molecule has 3 heterocycles. The molecule has 2 aromatic heterocycles. The molecule has 0 bridgehead atoms. The van der Waals surface area contributed by atoms with Crippen molar-refractivity contribution < 1.29 is 13.2 Å². The molecule has 1 aliphatic heterocycles. The third-order valence-electron chi connectivity index (χ3n) is 3.71. The summed E-state index contributed by atoms with van der Waals surface area (Å²) in [6, 6.07) is 1.76. The lowest BCUT2D eigenvalue weighted by Gasteiger charge is -2.22. The van der Waals surface area contributed by atoms with Gasteiger partial charge in [0.25, 0.3) is 0 Å². The number of nitrogens with zero attached hydrogens (tertiary/aromatic N) is 5. The molecule has 0 spiro atoms. The van der Waals surface area contributed by atoms with E-state index in [4.69, 9.17) is 4.74 Å². The standard InChI is InChI=1S/C14H19N5O3S/c1-18-10-13(8-17-18)23(20,21)19-5-6-22-11-12(9-19)7-14-15-3-2-4-16-14/h2-4,8,10,12H,5-7,9,11H2,1H3/t12-/m0/s1. The third-order valence-corrected chi connectivity index (χ3v) is 5.53. The Balaban J connectivity index is 1.77. The molecule has 1 aliphatic rings. The minimum Gasteiger partial charge on any atom is -0.380 e. The van der Waals surface area contributed by atoms with Crippen LogP contribution in [0, 0.1) is 5.92 Å². The first-order valence-electron chi connectivity index (χ1n) is 7.38. The molecule has 0 amide bonds. The Bertz CT molecular complexity index is 747. The van der Waals surface area contributed by atoms with Crippen molar-refractivity contribution in [2.45, 2.75) is 11.3 Å². The highest BCUT2D eigenvalue weighted by molar-refractivity contribution is 7.89. The van der Waals surface area contributed by atoms with Crippen molar-refractivity contribution in [3.8, 4) is 0 Å². The topological polar surface area (TPSA) is 90.2 Å². The number of ether oxygens (including phenoxy) is 1. The summed E-state index contributed by atoms with van der Waals surface area (Å²) in [5.41, 5.74) is 0. The summed E-state index contributed by atoms with van der Waals surface area (Å²) in [5.74, 6) is 0.716. The monoisotopic (exact) mass is 337 g/mol. The van der Waals surface area contributed by atoms with Crippen molar-refractivity contribution in [2.24, 2.45) is 13.0 Å². The van der Waals surface area contributed by atoms with Gasteiger partial charge in [-0.2, -0.15) is 9.40 Å². The first-order valence-corrected chi connectivity index (χ1v) is 8.82. The quantitative estimate of drug-likeness (QED) is 0.785. The molecule has 23 heavy (non-hydrogen) atoms. The molecule has 8 nitrogen and oxygen atoms in total. The van der Waals surface area contributed by atoms with Gasteiger partial charge < -0.3 is 4.74 Å². The molecule has 1 saturated heterocycles. The first-order chi connectivity index (χ1) is 11.1. The van der Waals surface area contributed by atoms with Gasteiger partial charge in [0.05, 0.1) is 19.4 Å². The third kappa shape index (κ3) is 3.74. The fourth-order valence-electron chi connectivity index (χ4n) is 2.56. The fraction of sp³-hybridized carbons (Fsp3) is 0.500. The van der Waals surface area contributed by atoms with Crippen LogP contribution in [0.2, 0.25) is 0 Å². The summed E-state index contributed by atoms with van der Waals surface area (Å²) in [6.07, 6.45) is 6.83. The van der Waals surface area contributed by atoms with Crippen LogP contribution in [-0.2, 0) is 28.2 Å². The van der Waals surface area contributed by atoms with Gasteiger partial charge in [-0.15, -0.1) is 0 Å². The average Bonchev–Trinajstić information content (AvgIpc) is 2.84. The molecule has 1 atom stereocenters. The van der Waals surface area contributed by atoms with Crippen LogP contribution >= 0.6 is 0 Å². The molecule has 2 aromatic rings. The molecule has 0 unspecified atom stereocenters. The summed E-state index contributed by atoms with van der Waals surface area (Å²) in [5, 5.41) is 3.95. The van der Waals surface area contributed by atoms with E-state index < -0.39 is 10.0 Å². The second-order valence-electron chi connectivity index (χ2n) is 5.52. The van der Waals surface area contributed by atoms with Gasteiger partial charge in [0, 0.05) is 51.1 Å². The zero-order chi connectivity index (χ0) is 16.3. The van der Waals surface area contributed by atoms with Crippen LogP contribution in [0.15, 0.2) is 35.7 Å². The van der Waals surface area contributed by atoms with Gasteiger partial charge in [-0.05, 0) is 6.07 Å². The predicted molar refractivity (Wildman–Crippen MR) is 82.0 cm³/mol. The predicted octanol–water partition coefficient (Wildman–Crippen LogP) is 0.0899. The normalized spacial score (nSPS) is 20.3. The molecule has 0 N–H and O–H groups in total. The van der Waals surface area contributed by atoms with Crippen LogP contribution in [-0.4, -0.2) is 58.8 Å². The molecule has 124 valence electrons. The van der Waals surface area contributed by atoms with Crippen molar-refractivity contribution >= 4 is 10.0 Å². The summed E-state index contributed by atoms with van der Waals surface area (Å²) in [6.45, 7) is 1.60.